The van der Waals surface area contributed by atoms with E-state index in [-0.39, 0.29) is 0 Å². The van der Waals surface area contributed by atoms with Gasteiger partial charge >= 0.3 is 0 Å². The van der Waals surface area contributed by atoms with Crippen LogP contribution in [-0.4, -0.2) is 16.5 Å². The van der Waals surface area contributed by atoms with Crippen LogP contribution in [0.5, 0.6) is 0 Å². The molecule has 0 radical (unpaired) electrons. The lowest BCUT2D eigenvalue weighted by atomic mass is 10.2. The minimum Gasteiger partial charge on any atom is -0.463 e. The SMILES string of the molecule is CCCNc1nc(-c2ccco2)c2ccsc2n1. The normalized spacial score (nSPS) is 10.9. The van der Waals surface area contributed by atoms with Gasteiger partial charge in [0.25, 0.3) is 0 Å². The first kappa shape index (κ1) is 11.2. The molecule has 0 amide bonds. The largest absolute Gasteiger partial charge is 0.463 e. The van der Waals surface area contributed by atoms with Crippen LogP contribution < -0.4 is 5.32 Å². The van der Waals surface area contributed by atoms with Crippen molar-refractivity contribution >= 4 is 27.5 Å². The van der Waals surface area contributed by atoms with E-state index in [1.807, 2.05) is 23.6 Å². The van der Waals surface area contributed by atoms with E-state index in [1.54, 1.807) is 17.6 Å². The highest BCUT2D eigenvalue weighted by Gasteiger charge is 2.12. The van der Waals surface area contributed by atoms with Gasteiger partial charge in [0.2, 0.25) is 5.95 Å². The second-order valence-electron chi connectivity index (χ2n) is 3.94. The lowest BCUT2D eigenvalue weighted by Crippen LogP contribution is -2.04. The summed E-state index contributed by atoms with van der Waals surface area (Å²) in [5.74, 6) is 1.44. The van der Waals surface area contributed by atoms with Crippen molar-refractivity contribution in [1.29, 1.82) is 0 Å². The van der Waals surface area contributed by atoms with Crippen LogP contribution in [-0.2, 0) is 0 Å². The Kier molecular flexibility index (Phi) is 2.98. The predicted octanol–water partition coefficient (Wildman–Crippen LogP) is 3.77. The number of furan rings is 1. The molecule has 0 atom stereocenters. The second-order valence-corrected chi connectivity index (χ2v) is 4.83. The molecule has 0 bridgehead atoms. The average Bonchev–Trinajstić information content (AvgIpc) is 3.05. The minimum atomic E-state index is 0.665. The summed E-state index contributed by atoms with van der Waals surface area (Å²) in [4.78, 5) is 10.0. The van der Waals surface area contributed by atoms with Crippen molar-refractivity contribution in [3.63, 3.8) is 0 Å². The van der Waals surface area contributed by atoms with Gasteiger partial charge in [0.1, 0.15) is 10.5 Å². The third-order valence-corrected chi connectivity index (χ3v) is 3.42. The molecule has 92 valence electrons. The van der Waals surface area contributed by atoms with Crippen LogP contribution in [0.15, 0.2) is 34.3 Å². The van der Waals surface area contributed by atoms with Crippen molar-refractivity contribution in [1.82, 2.24) is 9.97 Å². The summed E-state index contributed by atoms with van der Waals surface area (Å²) in [7, 11) is 0. The fraction of sp³-hybridized carbons (Fsp3) is 0.231. The number of nitrogens with one attached hydrogen (secondary N) is 1. The molecule has 0 saturated heterocycles. The topological polar surface area (TPSA) is 51.0 Å². The lowest BCUT2D eigenvalue weighted by Gasteiger charge is -2.05. The monoisotopic (exact) mass is 259 g/mol. The summed E-state index contributed by atoms with van der Waals surface area (Å²) in [6.07, 6.45) is 2.71. The lowest BCUT2D eigenvalue weighted by molar-refractivity contribution is 0.580. The molecule has 0 saturated carbocycles. The van der Waals surface area contributed by atoms with Crippen LogP contribution in [0.2, 0.25) is 0 Å². The van der Waals surface area contributed by atoms with Gasteiger partial charge in [-0.3, -0.25) is 0 Å². The standard InChI is InChI=1S/C13H13N3OS/c1-2-6-14-13-15-11(10-4-3-7-17-10)9-5-8-18-12(9)16-13/h3-5,7-8H,2,6H2,1H3,(H,14,15,16). The van der Waals surface area contributed by atoms with Gasteiger partial charge in [-0.15, -0.1) is 11.3 Å². The molecule has 3 heterocycles. The Bertz CT molecular complexity index is 645. The molecule has 1 N–H and O–H groups in total. The first-order chi connectivity index (χ1) is 8.88. The number of aromatic nitrogens is 2. The molecule has 4 nitrogen and oxygen atoms in total. The quantitative estimate of drug-likeness (QED) is 0.774. The van der Waals surface area contributed by atoms with Crippen molar-refractivity contribution in [2.45, 2.75) is 13.3 Å². The highest BCUT2D eigenvalue weighted by molar-refractivity contribution is 7.16. The third kappa shape index (κ3) is 1.97. The van der Waals surface area contributed by atoms with Gasteiger partial charge in [-0.25, -0.2) is 9.97 Å². The molecule has 3 aromatic rings. The maximum atomic E-state index is 5.44. The molecule has 18 heavy (non-hydrogen) atoms. The van der Waals surface area contributed by atoms with Gasteiger partial charge in [0, 0.05) is 11.9 Å². The van der Waals surface area contributed by atoms with Crippen LogP contribution in [0, 0.1) is 0 Å². The van der Waals surface area contributed by atoms with E-state index in [1.165, 1.54) is 0 Å². The van der Waals surface area contributed by atoms with E-state index in [2.05, 4.69) is 22.2 Å². The van der Waals surface area contributed by atoms with E-state index in [0.717, 1.165) is 34.6 Å². The highest BCUT2D eigenvalue weighted by Crippen LogP contribution is 2.30. The number of hydrogen-bond acceptors (Lipinski definition) is 5. The Morgan fingerprint density at radius 3 is 3.06 bits per heavy atom. The average molecular weight is 259 g/mol. The molecule has 3 aromatic heterocycles. The summed E-state index contributed by atoms with van der Waals surface area (Å²) in [5, 5.41) is 6.28. The molecular weight excluding hydrogens is 246 g/mol. The van der Waals surface area contributed by atoms with Crippen LogP contribution in [0.25, 0.3) is 21.7 Å². The zero-order chi connectivity index (χ0) is 12.4. The fourth-order valence-corrected chi connectivity index (χ4v) is 2.54. The van der Waals surface area contributed by atoms with E-state index in [0.29, 0.717) is 5.95 Å². The molecule has 0 aromatic carbocycles. The molecule has 3 rings (SSSR count). The van der Waals surface area contributed by atoms with Gasteiger partial charge in [-0.05, 0) is 30.0 Å². The Morgan fingerprint density at radius 2 is 2.28 bits per heavy atom. The van der Waals surface area contributed by atoms with Crippen LogP contribution in [0.1, 0.15) is 13.3 Å². The summed E-state index contributed by atoms with van der Waals surface area (Å²) >= 11 is 1.61. The van der Waals surface area contributed by atoms with Crippen LogP contribution in [0.3, 0.4) is 0 Å². The Labute approximate surface area is 109 Å². The molecule has 0 unspecified atom stereocenters. The van der Waals surface area contributed by atoms with Gasteiger partial charge in [0.05, 0.1) is 6.26 Å². The molecular formula is C13H13N3OS. The third-order valence-electron chi connectivity index (χ3n) is 2.61. The van der Waals surface area contributed by atoms with Gasteiger partial charge in [-0.1, -0.05) is 6.92 Å². The molecule has 0 aliphatic rings. The van der Waals surface area contributed by atoms with Crippen molar-refractivity contribution < 1.29 is 4.42 Å². The minimum absolute atomic E-state index is 0.665. The summed E-state index contributed by atoms with van der Waals surface area (Å²) in [6.45, 7) is 2.98. The van der Waals surface area contributed by atoms with Crippen LogP contribution in [0.4, 0.5) is 5.95 Å². The van der Waals surface area contributed by atoms with Crippen molar-refractivity contribution in [3.05, 3.63) is 29.8 Å². The number of fused-ring (bicyclic) bond motifs is 1. The number of rotatable bonds is 4. The number of anilines is 1. The number of thiophene rings is 1. The first-order valence-corrected chi connectivity index (χ1v) is 6.79. The molecule has 5 heteroatoms. The Balaban J connectivity index is 2.12. The summed E-state index contributed by atoms with van der Waals surface area (Å²) in [6, 6.07) is 5.82. The van der Waals surface area contributed by atoms with Crippen molar-refractivity contribution in [3.8, 4) is 11.5 Å². The first-order valence-electron chi connectivity index (χ1n) is 5.91. The zero-order valence-electron chi connectivity index (χ0n) is 10.0. The number of hydrogen-bond donors (Lipinski definition) is 1. The highest BCUT2D eigenvalue weighted by atomic mass is 32.1. The Hall–Kier alpha value is -1.88. The van der Waals surface area contributed by atoms with E-state index in [9.17, 15) is 0 Å². The van der Waals surface area contributed by atoms with Crippen molar-refractivity contribution in [2.24, 2.45) is 0 Å². The van der Waals surface area contributed by atoms with E-state index in [4.69, 9.17) is 4.42 Å². The smallest absolute Gasteiger partial charge is 0.224 e. The fourth-order valence-electron chi connectivity index (χ4n) is 1.77. The second kappa shape index (κ2) is 4.78. The van der Waals surface area contributed by atoms with Gasteiger partial charge in [0.15, 0.2) is 5.76 Å². The molecule has 0 aliphatic heterocycles. The molecule has 0 fully saturated rings. The summed E-state index contributed by atoms with van der Waals surface area (Å²) < 4.78 is 5.44. The maximum Gasteiger partial charge on any atom is 0.224 e. The number of nitrogens with zero attached hydrogens (tertiary/aromatic N) is 2. The Morgan fingerprint density at radius 1 is 1.33 bits per heavy atom. The van der Waals surface area contributed by atoms with E-state index >= 15 is 0 Å². The van der Waals surface area contributed by atoms with Gasteiger partial charge < -0.3 is 9.73 Å². The molecule has 0 spiro atoms. The summed E-state index contributed by atoms with van der Waals surface area (Å²) in [5.41, 5.74) is 0.852. The van der Waals surface area contributed by atoms with Crippen LogP contribution >= 0.6 is 11.3 Å². The molecule has 0 aliphatic carbocycles. The maximum absolute atomic E-state index is 5.44. The predicted molar refractivity (Wildman–Crippen MR) is 73.9 cm³/mol. The zero-order valence-corrected chi connectivity index (χ0v) is 10.8. The van der Waals surface area contributed by atoms with Crippen molar-refractivity contribution in [2.75, 3.05) is 11.9 Å². The van der Waals surface area contributed by atoms with Gasteiger partial charge in [-0.2, -0.15) is 0 Å². The van der Waals surface area contributed by atoms with E-state index < -0.39 is 0 Å².